The lowest BCUT2D eigenvalue weighted by atomic mass is 9.75. The number of carbonyl (C=O) groups excluding carboxylic acids is 3. The Labute approximate surface area is 241 Å². The van der Waals surface area contributed by atoms with Crippen LogP contribution < -0.4 is 9.80 Å². The highest BCUT2D eigenvalue weighted by Gasteiger charge is 2.74. The number of cyclic esters (lactones) is 1. The Morgan fingerprint density at radius 3 is 2.38 bits per heavy atom. The maximum absolute atomic E-state index is 14.7. The van der Waals surface area contributed by atoms with Crippen molar-refractivity contribution in [1.82, 2.24) is 4.90 Å². The molecule has 0 aliphatic carbocycles. The summed E-state index contributed by atoms with van der Waals surface area (Å²) >= 11 is 1.52. The zero-order chi connectivity index (χ0) is 28.8. The van der Waals surface area contributed by atoms with Gasteiger partial charge in [-0.25, -0.2) is 0 Å². The number of rotatable bonds is 8. The van der Waals surface area contributed by atoms with E-state index >= 15 is 0 Å². The number of benzene rings is 1. The van der Waals surface area contributed by atoms with Gasteiger partial charge in [-0.3, -0.25) is 14.4 Å². The van der Waals surface area contributed by atoms with E-state index in [0.29, 0.717) is 13.0 Å². The van der Waals surface area contributed by atoms with Crippen molar-refractivity contribution < 1.29 is 24.2 Å². The molecule has 2 saturated heterocycles. The minimum atomic E-state index is -0.964. The Morgan fingerprint density at radius 1 is 1.05 bits per heavy atom. The molecule has 216 valence electrons. The van der Waals surface area contributed by atoms with Gasteiger partial charge in [0.2, 0.25) is 5.91 Å². The van der Waals surface area contributed by atoms with Gasteiger partial charge in [-0.15, -0.1) is 11.8 Å². The SMILES string of the molecule is CCN(CC)c1ccc(N2CC=C[C@]34S[C@@]5(C)C=CCOC(=O)[C@H]5[C@H]3C(=O)N([C@@H](CO)CC(C)C)C4C2=O)cc1. The van der Waals surface area contributed by atoms with Gasteiger partial charge in [0.25, 0.3) is 5.91 Å². The Morgan fingerprint density at radius 2 is 1.75 bits per heavy atom. The zero-order valence-corrected chi connectivity index (χ0v) is 24.9. The predicted molar refractivity (Wildman–Crippen MR) is 158 cm³/mol. The molecule has 2 amide bonds. The minimum Gasteiger partial charge on any atom is -0.461 e. The lowest BCUT2D eigenvalue weighted by Gasteiger charge is -2.40. The molecule has 1 aromatic rings. The molecule has 1 spiro atoms. The van der Waals surface area contributed by atoms with Crippen LogP contribution in [0.4, 0.5) is 11.4 Å². The van der Waals surface area contributed by atoms with Crippen molar-refractivity contribution in [3.8, 4) is 0 Å². The van der Waals surface area contributed by atoms with E-state index in [1.165, 1.54) is 11.8 Å². The van der Waals surface area contributed by atoms with Gasteiger partial charge in [-0.05, 0) is 63.5 Å². The number of aliphatic hydroxyl groups is 1. The maximum atomic E-state index is 14.7. The summed E-state index contributed by atoms with van der Waals surface area (Å²) in [5, 5.41) is 10.5. The minimum absolute atomic E-state index is 0.172. The van der Waals surface area contributed by atoms with Gasteiger partial charge in [0, 0.05) is 35.8 Å². The van der Waals surface area contributed by atoms with Crippen LogP contribution in [0.5, 0.6) is 0 Å². The van der Waals surface area contributed by atoms with E-state index in [-0.39, 0.29) is 30.9 Å². The summed E-state index contributed by atoms with van der Waals surface area (Å²) in [5.74, 6) is -2.15. The number of amides is 2. The monoisotopic (exact) mass is 567 g/mol. The molecule has 4 heterocycles. The molecule has 8 nitrogen and oxygen atoms in total. The Balaban J connectivity index is 1.61. The number of hydrogen-bond acceptors (Lipinski definition) is 7. The first-order valence-electron chi connectivity index (χ1n) is 14.4. The number of carbonyl (C=O) groups is 3. The zero-order valence-electron chi connectivity index (χ0n) is 24.1. The van der Waals surface area contributed by atoms with Crippen LogP contribution in [0.25, 0.3) is 0 Å². The second-order valence-electron chi connectivity index (χ2n) is 11.8. The van der Waals surface area contributed by atoms with Crippen molar-refractivity contribution in [3.63, 3.8) is 0 Å². The van der Waals surface area contributed by atoms with Crippen LogP contribution in [-0.2, 0) is 19.1 Å². The average Bonchev–Trinajstić information content (AvgIpc) is 3.19. The summed E-state index contributed by atoms with van der Waals surface area (Å²) in [4.78, 5) is 48.1. The highest BCUT2D eigenvalue weighted by atomic mass is 32.2. The van der Waals surface area contributed by atoms with Gasteiger partial charge in [0.05, 0.1) is 29.2 Å². The van der Waals surface area contributed by atoms with Gasteiger partial charge >= 0.3 is 5.97 Å². The molecule has 5 rings (SSSR count). The van der Waals surface area contributed by atoms with Gasteiger partial charge in [-0.2, -0.15) is 0 Å². The normalized spacial score (nSPS) is 32.0. The van der Waals surface area contributed by atoms with Crippen LogP contribution in [0.1, 0.15) is 41.0 Å². The van der Waals surface area contributed by atoms with Crippen LogP contribution in [0.2, 0.25) is 0 Å². The van der Waals surface area contributed by atoms with Crippen LogP contribution in [0, 0.1) is 17.8 Å². The van der Waals surface area contributed by atoms with Gasteiger partial charge < -0.3 is 24.5 Å². The average molecular weight is 568 g/mol. The van der Waals surface area contributed by atoms with E-state index in [1.54, 1.807) is 9.80 Å². The first-order valence-corrected chi connectivity index (χ1v) is 15.2. The third kappa shape index (κ3) is 4.45. The summed E-state index contributed by atoms with van der Waals surface area (Å²) in [7, 11) is 0. The van der Waals surface area contributed by atoms with E-state index < -0.39 is 39.4 Å². The second kappa shape index (κ2) is 10.9. The van der Waals surface area contributed by atoms with E-state index in [4.69, 9.17) is 4.74 Å². The fourth-order valence-electron chi connectivity index (χ4n) is 7.17. The molecule has 4 aliphatic rings. The summed E-state index contributed by atoms with van der Waals surface area (Å²) in [6.07, 6.45) is 8.32. The number of aliphatic hydroxyl groups excluding tert-OH is 1. The van der Waals surface area contributed by atoms with Crippen molar-refractivity contribution in [3.05, 3.63) is 48.6 Å². The predicted octanol–water partition coefficient (Wildman–Crippen LogP) is 3.64. The molecule has 0 saturated carbocycles. The van der Waals surface area contributed by atoms with Crippen LogP contribution in [-0.4, -0.2) is 82.2 Å². The van der Waals surface area contributed by atoms with E-state index in [9.17, 15) is 19.5 Å². The molecule has 0 aromatic heterocycles. The van der Waals surface area contributed by atoms with Crippen molar-refractivity contribution in [1.29, 1.82) is 0 Å². The summed E-state index contributed by atoms with van der Waals surface area (Å²) in [6.45, 7) is 12.3. The number of anilines is 2. The van der Waals surface area contributed by atoms with Crippen LogP contribution >= 0.6 is 11.8 Å². The molecule has 0 bridgehead atoms. The number of likely N-dealkylation sites (tertiary alicyclic amines) is 1. The second-order valence-corrected chi connectivity index (χ2v) is 13.6. The first-order chi connectivity index (χ1) is 19.1. The fraction of sp³-hybridized carbons (Fsp3) is 0.581. The molecular weight excluding hydrogens is 526 g/mol. The smallest absolute Gasteiger partial charge is 0.311 e. The molecule has 4 aliphatic heterocycles. The molecule has 1 aromatic carbocycles. The fourth-order valence-corrected chi connectivity index (χ4v) is 9.31. The van der Waals surface area contributed by atoms with Gasteiger partial charge in [0.1, 0.15) is 12.6 Å². The Kier molecular flexibility index (Phi) is 7.83. The molecule has 9 heteroatoms. The Hall–Kier alpha value is -2.78. The third-order valence-corrected chi connectivity index (χ3v) is 10.7. The lowest BCUT2D eigenvalue weighted by Crippen LogP contribution is -2.57. The number of ether oxygens (including phenoxy) is 1. The maximum Gasteiger partial charge on any atom is 0.311 e. The third-order valence-electron chi connectivity index (χ3n) is 8.89. The molecule has 1 N–H and O–H groups in total. The van der Waals surface area contributed by atoms with Gasteiger partial charge in [0.15, 0.2) is 0 Å². The van der Waals surface area contributed by atoms with Crippen molar-refractivity contribution in [2.75, 3.05) is 42.6 Å². The number of thioether (sulfide) groups is 1. The largest absolute Gasteiger partial charge is 0.461 e. The summed E-state index contributed by atoms with van der Waals surface area (Å²) < 4.78 is 3.85. The molecule has 1 unspecified atom stereocenters. The van der Waals surface area contributed by atoms with Crippen LogP contribution in [0.3, 0.4) is 0 Å². The molecule has 2 fully saturated rings. The number of esters is 1. The molecular formula is C31H41N3O5S. The topological polar surface area (TPSA) is 90.4 Å². The quantitative estimate of drug-likeness (QED) is 0.379. The van der Waals surface area contributed by atoms with E-state index in [1.807, 2.05) is 69.3 Å². The molecule has 6 atom stereocenters. The molecule has 40 heavy (non-hydrogen) atoms. The Bertz CT molecular complexity index is 1210. The van der Waals surface area contributed by atoms with Gasteiger partial charge in [-0.1, -0.05) is 32.1 Å². The standard InChI is InChI=1S/C31H41N3O5S/c1-6-32(7-2)21-10-12-22(13-11-21)33-16-8-15-31-24(25-29(38)39-17-9-14-30(25,5)40-31)27(36)34(26(31)28(33)37)23(19-35)18-20(3)4/h8-15,20,23-26,35H,6-7,16-19H2,1-5H3/t23-,24+,25-,26?,30+,31+/m1/s1. The van der Waals surface area contributed by atoms with Crippen LogP contribution in [0.15, 0.2) is 48.6 Å². The number of hydrogen-bond donors (Lipinski definition) is 1. The van der Waals surface area contributed by atoms with Crippen molar-refractivity contribution in [2.45, 2.75) is 62.6 Å². The van der Waals surface area contributed by atoms with E-state index in [2.05, 4.69) is 18.7 Å². The van der Waals surface area contributed by atoms with Crippen molar-refractivity contribution >= 4 is 40.9 Å². The van der Waals surface area contributed by atoms with Crippen molar-refractivity contribution in [2.24, 2.45) is 17.8 Å². The first kappa shape index (κ1) is 28.7. The molecule has 0 radical (unpaired) electrons. The van der Waals surface area contributed by atoms with E-state index in [0.717, 1.165) is 24.5 Å². The lowest BCUT2D eigenvalue weighted by molar-refractivity contribution is -0.153. The summed E-state index contributed by atoms with van der Waals surface area (Å²) in [5.41, 5.74) is 1.84. The number of nitrogens with zero attached hydrogens (tertiary/aromatic N) is 3. The highest BCUT2D eigenvalue weighted by Crippen LogP contribution is 2.65. The summed E-state index contributed by atoms with van der Waals surface area (Å²) in [6, 6.07) is 6.57. The highest BCUT2D eigenvalue weighted by molar-refractivity contribution is 8.02. The number of fused-ring (bicyclic) bond motifs is 2.